The van der Waals surface area contributed by atoms with Gasteiger partial charge in [0.15, 0.2) is 0 Å². The maximum atomic E-state index is 3.59. The van der Waals surface area contributed by atoms with Crippen LogP contribution in [-0.2, 0) is 0 Å². The summed E-state index contributed by atoms with van der Waals surface area (Å²) < 4.78 is 0. The third-order valence-corrected chi connectivity index (χ3v) is 4.70. The van der Waals surface area contributed by atoms with E-state index < -0.39 is 0 Å². The van der Waals surface area contributed by atoms with Gasteiger partial charge in [-0.1, -0.05) is 53.6 Å². The molecule has 2 aromatic rings. The average Bonchev–Trinajstić information content (AvgIpc) is 2.82. The van der Waals surface area contributed by atoms with E-state index in [1.54, 1.807) is 0 Å². The highest BCUT2D eigenvalue weighted by molar-refractivity contribution is 5.89. The second-order valence-electron chi connectivity index (χ2n) is 7.02. The van der Waals surface area contributed by atoms with Gasteiger partial charge >= 0.3 is 0 Å². The van der Waals surface area contributed by atoms with Crippen molar-refractivity contribution in [3.8, 4) is 0 Å². The van der Waals surface area contributed by atoms with Gasteiger partial charge in [-0.15, -0.1) is 0 Å². The highest BCUT2D eigenvalue weighted by Gasteiger charge is 2.18. The van der Waals surface area contributed by atoms with E-state index >= 15 is 0 Å². The molecule has 3 rings (SSSR count). The fraction of sp³-hybridized carbons (Fsp3) is 0.250. The van der Waals surface area contributed by atoms with E-state index in [0.717, 1.165) is 0 Å². The van der Waals surface area contributed by atoms with E-state index in [-0.39, 0.29) is 0 Å². The zero-order valence-electron chi connectivity index (χ0n) is 15.5. The first kappa shape index (κ1) is 16.5. The molecule has 0 nitrogen and oxygen atoms in total. The summed E-state index contributed by atoms with van der Waals surface area (Å²) in [4.78, 5) is 0. The van der Waals surface area contributed by atoms with Crippen molar-refractivity contribution >= 4 is 5.57 Å². The van der Waals surface area contributed by atoms with Crippen molar-refractivity contribution in [1.29, 1.82) is 0 Å². The Morgan fingerprint density at radius 3 is 1.58 bits per heavy atom. The molecule has 0 aromatic heterocycles. The SMILES string of the molecule is CC1=[C]C(=C(c2ccc(C)cc2C)c2ccc(C)cc2C)C(C)=C1. The molecular weight excluding hydrogens is 288 g/mol. The van der Waals surface area contributed by atoms with Crippen molar-refractivity contribution in [2.45, 2.75) is 41.5 Å². The summed E-state index contributed by atoms with van der Waals surface area (Å²) in [5, 5.41) is 0. The summed E-state index contributed by atoms with van der Waals surface area (Å²) in [6.07, 6.45) is 5.81. The molecule has 0 unspecified atom stereocenters. The van der Waals surface area contributed by atoms with E-state index in [0.29, 0.717) is 0 Å². The van der Waals surface area contributed by atoms with Crippen LogP contribution in [0.5, 0.6) is 0 Å². The Kier molecular flexibility index (Phi) is 4.32. The molecule has 121 valence electrons. The Labute approximate surface area is 146 Å². The monoisotopic (exact) mass is 313 g/mol. The molecule has 0 heterocycles. The van der Waals surface area contributed by atoms with Gasteiger partial charge in [0.05, 0.1) is 0 Å². The molecule has 24 heavy (non-hydrogen) atoms. The van der Waals surface area contributed by atoms with Crippen LogP contribution < -0.4 is 0 Å². The maximum absolute atomic E-state index is 3.59. The van der Waals surface area contributed by atoms with Crippen LogP contribution in [0.15, 0.2) is 59.2 Å². The molecule has 1 radical (unpaired) electrons. The van der Waals surface area contributed by atoms with Crippen LogP contribution in [0.4, 0.5) is 0 Å². The molecule has 0 amide bonds. The lowest BCUT2D eigenvalue weighted by Gasteiger charge is -2.18. The molecule has 0 spiro atoms. The van der Waals surface area contributed by atoms with Gasteiger partial charge in [0.25, 0.3) is 0 Å². The molecule has 0 heteroatoms. The Balaban J connectivity index is 2.35. The van der Waals surface area contributed by atoms with Crippen LogP contribution >= 0.6 is 0 Å². The average molecular weight is 313 g/mol. The summed E-state index contributed by atoms with van der Waals surface area (Å²) >= 11 is 0. The predicted octanol–water partition coefficient (Wildman–Crippen LogP) is 6.43. The zero-order valence-corrected chi connectivity index (χ0v) is 15.5. The molecule has 0 saturated carbocycles. The summed E-state index contributed by atoms with van der Waals surface area (Å²) in [7, 11) is 0. The molecule has 1 aliphatic rings. The number of rotatable bonds is 2. The summed E-state index contributed by atoms with van der Waals surface area (Å²) in [5.41, 5.74) is 12.9. The fourth-order valence-electron chi connectivity index (χ4n) is 3.59. The molecule has 0 atom stereocenters. The fourth-order valence-corrected chi connectivity index (χ4v) is 3.59. The molecule has 1 aliphatic carbocycles. The normalized spacial score (nSPS) is 13.8. The minimum atomic E-state index is 1.20. The largest absolute Gasteiger partial charge is 0.0587 e. The third kappa shape index (κ3) is 3.01. The minimum absolute atomic E-state index is 1.20. The number of hydrogen-bond acceptors (Lipinski definition) is 0. The molecule has 0 saturated heterocycles. The first-order chi connectivity index (χ1) is 11.4. The summed E-state index contributed by atoms with van der Waals surface area (Å²) in [6.45, 7) is 13.0. The van der Waals surface area contributed by atoms with Gasteiger partial charge in [-0.05, 0) is 92.2 Å². The lowest BCUT2D eigenvalue weighted by Crippen LogP contribution is -1.99. The van der Waals surface area contributed by atoms with Crippen molar-refractivity contribution in [2.75, 3.05) is 0 Å². The number of allylic oxidation sites excluding steroid dienone is 5. The molecule has 0 aliphatic heterocycles. The Hall–Kier alpha value is -2.34. The number of benzene rings is 2. The second kappa shape index (κ2) is 6.28. The zero-order chi connectivity index (χ0) is 17.4. The Bertz CT molecular complexity index is 848. The first-order valence-corrected chi connectivity index (χ1v) is 8.55. The first-order valence-electron chi connectivity index (χ1n) is 8.55. The standard InChI is InChI=1S/C24H25/c1-15-7-9-21(18(4)11-15)24(23-14-17(3)13-20(23)6)22-10-8-16(2)12-19(22)5/h7-13H,1-6H3. The predicted molar refractivity (Wildman–Crippen MR) is 104 cm³/mol. The minimum Gasteiger partial charge on any atom is -0.0587 e. The topological polar surface area (TPSA) is 0 Å². The summed E-state index contributed by atoms with van der Waals surface area (Å²) in [6, 6.07) is 13.5. The van der Waals surface area contributed by atoms with Crippen molar-refractivity contribution in [3.05, 3.63) is 98.7 Å². The van der Waals surface area contributed by atoms with E-state index in [4.69, 9.17) is 0 Å². The van der Waals surface area contributed by atoms with Crippen LogP contribution in [0.25, 0.3) is 5.57 Å². The lowest BCUT2D eigenvalue weighted by atomic mass is 9.86. The molecular formula is C24H25. The van der Waals surface area contributed by atoms with Crippen LogP contribution in [0.2, 0.25) is 0 Å². The van der Waals surface area contributed by atoms with Crippen molar-refractivity contribution in [3.63, 3.8) is 0 Å². The highest BCUT2D eigenvalue weighted by atomic mass is 14.2. The second-order valence-corrected chi connectivity index (χ2v) is 7.02. The highest BCUT2D eigenvalue weighted by Crippen LogP contribution is 2.37. The molecule has 0 fully saturated rings. The van der Waals surface area contributed by atoms with Crippen LogP contribution in [-0.4, -0.2) is 0 Å². The Morgan fingerprint density at radius 2 is 1.21 bits per heavy atom. The van der Waals surface area contributed by atoms with Crippen molar-refractivity contribution in [2.24, 2.45) is 0 Å². The number of hydrogen-bond donors (Lipinski definition) is 0. The molecule has 2 aromatic carbocycles. The lowest BCUT2D eigenvalue weighted by molar-refractivity contribution is 1.30. The van der Waals surface area contributed by atoms with Gasteiger partial charge in [-0.2, -0.15) is 0 Å². The van der Waals surface area contributed by atoms with Crippen LogP contribution in [0.3, 0.4) is 0 Å². The molecule has 0 bridgehead atoms. The van der Waals surface area contributed by atoms with E-state index in [9.17, 15) is 0 Å². The maximum Gasteiger partial charge on any atom is -0.00245 e. The van der Waals surface area contributed by atoms with Gasteiger partial charge in [0, 0.05) is 0 Å². The molecule has 0 N–H and O–H groups in total. The summed E-state index contributed by atoms with van der Waals surface area (Å²) in [5.74, 6) is 0. The Morgan fingerprint density at radius 1 is 0.708 bits per heavy atom. The third-order valence-electron chi connectivity index (χ3n) is 4.70. The van der Waals surface area contributed by atoms with E-state index in [2.05, 4.69) is 90.1 Å². The van der Waals surface area contributed by atoms with Crippen molar-refractivity contribution in [1.82, 2.24) is 0 Å². The van der Waals surface area contributed by atoms with Crippen LogP contribution in [0.1, 0.15) is 47.2 Å². The van der Waals surface area contributed by atoms with E-state index in [1.165, 1.54) is 55.7 Å². The van der Waals surface area contributed by atoms with E-state index in [1.807, 2.05) is 0 Å². The smallest absolute Gasteiger partial charge is 0.00245 e. The van der Waals surface area contributed by atoms with Gasteiger partial charge in [0.1, 0.15) is 0 Å². The van der Waals surface area contributed by atoms with Crippen LogP contribution in [0, 0.1) is 33.8 Å². The van der Waals surface area contributed by atoms with Crippen molar-refractivity contribution < 1.29 is 0 Å². The van der Waals surface area contributed by atoms with Gasteiger partial charge in [-0.25, -0.2) is 0 Å². The van der Waals surface area contributed by atoms with Gasteiger partial charge < -0.3 is 0 Å². The van der Waals surface area contributed by atoms with Gasteiger partial charge in [0.2, 0.25) is 0 Å². The quantitative estimate of drug-likeness (QED) is 0.599. The number of aryl methyl sites for hydroxylation is 4. The van der Waals surface area contributed by atoms with Gasteiger partial charge in [-0.3, -0.25) is 0 Å².